The maximum absolute atomic E-state index is 5.65. The predicted octanol–water partition coefficient (Wildman–Crippen LogP) is 2.65. The van der Waals surface area contributed by atoms with E-state index >= 15 is 0 Å². The second-order valence-corrected chi connectivity index (χ2v) is 8.56. The molecular weight excluding hydrogens is 408 g/mol. The molecule has 2 fully saturated rings. The standard InChI is InChI=1S/C22H22N8O2/c1-22(15-2-3-15,16-4-5-18(24-9-16)13-6-25-21(23)26-7-13)20-28-19(32-29-20)14-8-27-30(10-14)17-11-31-12-17/h4-10,15,17H,2-3,11-12H2,1H3,(H2,23,25,26)/t22-/m0/s1. The van der Waals surface area contributed by atoms with Crippen LogP contribution >= 0.6 is 0 Å². The van der Waals surface area contributed by atoms with Crippen molar-refractivity contribution in [1.82, 2.24) is 34.9 Å². The summed E-state index contributed by atoms with van der Waals surface area (Å²) in [6.45, 7) is 3.53. The van der Waals surface area contributed by atoms with Crippen LogP contribution in [0.5, 0.6) is 0 Å². The van der Waals surface area contributed by atoms with Crippen LogP contribution in [0.2, 0.25) is 0 Å². The van der Waals surface area contributed by atoms with Crippen LogP contribution in [0, 0.1) is 5.92 Å². The van der Waals surface area contributed by atoms with Gasteiger partial charge in [-0.3, -0.25) is 9.67 Å². The van der Waals surface area contributed by atoms with Gasteiger partial charge in [0.15, 0.2) is 5.82 Å². The molecule has 6 rings (SSSR count). The quantitative estimate of drug-likeness (QED) is 0.490. The van der Waals surface area contributed by atoms with Gasteiger partial charge in [0.1, 0.15) is 0 Å². The Hall–Kier alpha value is -3.66. The predicted molar refractivity (Wildman–Crippen MR) is 114 cm³/mol. The van der Waals surface area contributed by atoms with Gasteiger partial charge in [-0.1, -0.05) is 11.2 Å². The van der Waals surface area contributed by atoms with Crippen molar-refractivity contribution >= 4 is 5.95 Å². The normalized spacial score (nSPS) is 18.3. The first kappa shape index (κ1) is 19.1. The van der Waals surface area contributed by atoms with Gasteiger partial charge in [0, 0.05) is 30.4 Å². The Labute approximate surface area is 183 Å². The Morgan fingerprint density at radius 2 is 1.84 bits per heavy atom. The van der Waals surface area contributed by atoms with E-state index in [1.807, 2.05) is 23.1 Å². The van der Waals surface area contributed by atoms with Crippen LogP contribution in [0.25, 0.3) is 22.7 Å². The van der Waals surface area contributed by atoms with Gasteiger partial charge in [0.05, 0.1) is 42.1 Å². The van der Waals surface area contributed by atoms with Gasteiger partial charge in [0.25, 0.3) is 5.89 Å². The second kappa shape index (κ2) is 7.20. The Morgan fingerprint density at radius 3 is 2.50 bits per heavy atom. The van der Waals surface area contributed by atoms with Crippen LogP contribution in [-0.2, 0) is 10.2 Å². The van der Waals surface area contributed by atoms with Gasteiger partial charge >= 0.3 is 0 Å². The van der Waals surface area contributed by atoms with Gasteiger partial charge in [-0.15, -0.1) is 0 Å². The largest absolute Gasteiger partial charge is 0.377 e. The molecule has 2 aliphatic rings. The fourth-order valence-corrected chi connectivity index (χ4v) is 4.13. The summed E-state index contributed by atoms with van der Waals surface area (Å²) in [5.74, 6) is 1.82. The van der Waals surface area contributed by atoms with E-state index in [4.69, 9.17) is 20.0 Å². The van der Waals surface area contributed by atoms with Crippen molar-refractivity contribution in [3.05, 3.63) is 54.5 Å². The highest BCUT2D eigenvalue weighted by molar-refractivity contribution is 5.58. The topological polar surface area (TPSA) is 131 Å². The highest BCUT2D eigenvalue weighted by atomic mass is 16.5. The molecule has 0 bridgehead atoms. The lowest BCUT2D eigenvalue weighted by Crippen LogP contribution is -2.30. The molecule has 0 aromatic carbocycles. The summed E-state index contributed by atoms with van der Waals surface area (Å²) in [5, 5.41) is 8.79. The monoisotopic (exact) mass is 430 g/mol. The number of nitrogens with two attached hydrogens (primary N) is 1. The van der Waals surface area contributed by atoms with Crippen molar-refractivity contribution in [2.24, 2.45) is 5.92 Å². The van der Waals surface area contributed by atoms with Gasteiger partial charge in [-0.25, -0.2) is 9.97 Å². The van der Waals surface area contributed by atoms with Crippen LogP contribution in [-0.4, -0.2) is 48.1 Å². The lowest BCUT2D eigenvalue weighted by molar-refractivity contribution is -0.0286. The van der Waals surface area contributed by atoms with Gasteiger partial charge in [0.2, 0.25) is 5.95 Å². The van der Waals surface area contributed by atoms with E-state index in [2.05, 4.69) is 38.2 Å². The summed E-state index contributed by atoms with van der Waals surface area (Å²) in [6.07, 6.45) is 11.2. The number of ether oxygens (including phenoxy) is 1. The van der Waals surface area contributed by atoms with Crippen molar-refractivity contribution in [2.45, 2.75) is 31.2 Å². The molecule has 0 spiro atoms. The Morgan fingerprint density at radius 1 is 1.03 bits per heavy atom. The fraction of sp³-hybridized carbons (Fsp3) is 0.364. The molecular formula is C22H22N8O2. The molecule has 0 radical (unpaired) electrons. The lowest BCUT2D eigenvalue weighted by atomic mass is 9.77. The van der Waals surface area contributed by atoms with Gasteiger partial charge in [-0.05, 0) is 37.3 Å². The van der Waals surface area contributed by atoms with E-state index in [0.717, 1.165) is 35.2 Å². The molecule has 32 heavy (non-hydrogen) atoms. The maximum Gasteiger partial charge on any atom is 0.261 e. The van der Waals surface area contributed by atoms with Crippen molar-refractivity contribution in [3.8, 4) is 22.7 Å². The van der Waals surface area contributed by atoms with E-state index in [1.54, 1.807) is 18.6 Å². The summed E-state index contributed by atoms with van der Waals surface area (Å²) in [7, 11) is 0. The number of pyridine rings is 1. The minimum Gasteiger partial charge on any atom is -0.377 e. The number of aromatic nitrogens is 7. The van der Waals surface area contributed by atoms with Crippen LogP contribution in [0.3, 0.4) is 0 Å². The zero-order valence-corrected chi connectivity index (χ0v) is 17.5. The SMILES string of the molecule is C[C@](c1ccc(-c2cnc(N)nc2)nc1)(c1noc(-c2cnn(C3COC3)c2)n1)C1CC1. The third-order valence-electron chi connectivity index (χ3n) is 6.46. The number of rotatable bonds is 6. The van der Waals surface area contributed by atoms with E-state index in [-0.39, 0.29) is 17.4 Å². The molecule has 10 heteroatoms. The van der Waals surface area contributed by atoms with Crippen LogP contribution in [0.1, 0.15) is 37.2 Å². The summed E-state index contributed by atoms with van der Waals surface area (Å²) in [6, 6.07) is 4.32. The maximum atomic E-state index is 5.65. The number of nitrogen functional groups attached to an aromatic ring is 1. The zero-order valence-electron chi connectivity index (χ0n) is 17.5. The van der Waals surface area contributed by atoms with Crippen molar-refractivity contribution < 1.29 is 9.26 Å². The molecule has 1 atom stereocenters. The number of hydrogen-bond acceptors (Lipinski definition) is 9. The van der Waals surface area contributed by atoms with Crippen LogP contribution in [0.4, 0.5) is 5.95 Å². The third-order valence-corrected chi connectivity index (χ3v) is 6.46. The van der Waals surface area contributed by atoms with E-state index < -0.39 is 0 Å². The molecule has 0 amide bonds. The first-order valence-electron chi connectivity index (χ1n) is 10.6. The highest BCUT2D eigenvalue weighted by Gasteiger charge is 2.47. The molecule has 5 heterocycles. The van der Waals surface area contributed by atoms with Crippen molar-refractivity contribution in [3.63, 3.8) is 0 Å². The Kier molecular flexibility index (Phi) is 4.29. The Bertz CT molecular complexity index is 1240. The molecule has 4 aromatic heterocycles. The average molecular weight is 430 g/mol. The zero-order chi connectivity index (χ0) is 21.7. The average Bonchev–Trinajstić information content (AvgIpc) is 3.33. The van der Waals surface area contributed by atoms with Crippen molar-refractivity contribution in [1.29, 1.82) is 0 Å². The molecule has 162 valence electrons. The summed E-state index contributed by atoms with van der Waals surface area (Å²) in [5.41, 5.74) is 8.66. The molecule has 0 unspecified atom stereocenters. The summed E-state index contributed by atoms with van der Waals surface area (Å²) >= 11 is 0. The van der Waals surface area contributed by atoms with Crippen LogP contribution < -0.4 is 5.73 Å². The molecule has 10 nitrogen and oxygen atoms in total. The first-order valence-corrected chi connectivity index (χ1v) is 10.6. The van der Waals surface area contributed by atoms with Crippen LogP contribution in [0.15, 0.2) is 47.6 Å². The molecule has 4 aromatic rings. The minimum absolute atomic E-state index is 0.242. The Balaban J connectivity index is 1.31. The lowest BCUT2D eigenvalue weighted by Gasteiger charge is -2.26. The summed E-state index contributed by atoms with van der Waals surface area (Å²) < 4.78 is 12.8. The van der Waals surface area contributed by atoms with E-state index in [0.29, 0.717) is 30.8 Å². The second-order valence-electron chi connectivity index (χ2n) is 8.56. The molecule has 1 aliphatic heterocycles. The van der Waals surface area contributed by atoms with E-state index in [9.17, 15) is 0 Å². The highest BCUT2D eigenvalue weighted by Crippen LogP contribution is 2.50. The summed E-state index contributed by atoms with van der Waals surface area (Å²) in [4.78, 5) is 17.5. The van der Waals surface area contributed by atoms with Gasteiger partial charge < -0.3 is 15.0 Å². The minimum atomic E-state index is -0.386. The third kappa shape index (κ3) is 3.14. The van der Waals surface area contributed by atoms with E-state index in [1.165, 1.54) is 0 Å². The molecule has 2 N–H and O–H groups in total. The first-order chi connectivity index (χ1) is 15.6. The number of hydrogen-bond donors (Lipinski definition) is 1. The van der Waals surface area contributed by atoms with Crippen molar-refractivity contribution in [2.75, 3.05) is 18.9 Å². The smallest absolute Gasteiger partial charge is 0.261 e. The van der Waals surface area contributed by atoms with Gasteiger partial charge in [-0.2, -0.15) is 10.1 Å². The number of anilines is 1. The molecule has 1 aliphatic carbocycles. The number of nitrogens with zero attached hydrogens (tertiary/aromatic N) is 7. The molecule has 1 saturated carbocycles. The molecule has 1 saturated heterocycles. The fourth-order valence-electron chi connectivity index (χ4n) is 4.13.